The molecule has 1 fully saturated rings. The van der Waals surface area contributed by atoms with Crippen LogP contribution < -0.4 is 0 Å². The summed E-state index contributed by atoms with van der Waals surface area (Å²) in [5.41, 5.74) is 0.863. The largest absolute Gasteiger partial charge is 0.460 e. The van der Waals surface area contributed by atoms with Crippen LogP contribution in [-0.2, 0) is 26.2 Å². The summed E-state index contributed by atoms with van der Waals surface area (Å²) in [6.45, 7) is 5.30. The molecular weight excluding hydrogens is 314 g/mol. The average Bonchev–Trinajstić information content (AvgIpc) is 2.98. The van der Waals surface area contributed by atoms with Gasteiger partial charge in [0.15, 0.2) is 0 Å². The van der Waals surface area contributed by atoms with E-state index in [1.165, 1.54) is 4.31 Å². The number of esters is 1. The molecule has 2 atom stereocenters. The van der Waals surface area contributed by atoms with Gasteiger partial charge in [0.2, 0.25) is 10.0 Å². The maximum absolute atomic E-state index is 12.4. The van der Waals surface area contributed by atoms with Crippen molar-refractivity contribution >= 4 is 16.0 Å². The summed E-state index contributed by atoms with van der Waals surface area (Å²) in [6.07, 6.45) is 4.59. The van der Waals surface area contributed by atoms with Gasteiger partial charge in [-0.05, 0) is 25.3 Å². The van der Waals surface area contributed by atoms with E-state index in [0.717, 1.165) is 11.0 Å². The van der Waals surface area contributed by atoms with Crippen LogP contribution >= 0.6 is 0 Å². The number of allylic oxidation sites excluding steroid dienone is 1. The third-order valence-corrected chi connectivity index (χ3v) is 5.32. The molecule has 1 saturated heterocycles. The van der Waals surface area contributed by atoms with Gasteiger partial charge in [-0.3, -0.25) is 4.79 Å². The van der Waals surface area contributed by atoms with Crippen LogP contribution in [-0.4, -0.2) is 30.8 Å². The Kier molecular flexibility index (Phi) is 5.74. The quantitative estimate of drug-likeness (QED) is 0.592. The molecule has 23 heavy (non-hydrogen) atoms. The molecule has 124 valence electrons. The number of nitrogens with zero attached hydrogens (tertiary/aromatic N) is 1. The van der Waals surface area contributed by atoms with Crippen molar-refractivity contribution in [2.45, 2.75) is 38.5 Å². The Balaban J connectivity index is 2.13. The monoisotopic (exact) mass is 335 g/mol. The van der Waals surface area contributed by atoms with Crippen molar-refractivity contribution in [3.05, 3.63) is 60.0 Å². The number of benzene rings is 1. The summed E-state index contributed by atoms with van der Waals surface area (Å²) < 4.78 is 31.0. The maximum atomic E-state index is 12.4. The van der Waals surface area contributed by atoms with Gasteiger partial charge in [0.1, 0.15) is 12.6 Å². The number of sulfonamides is 1. The van der Waals surface area contributed by atoms with Gasteiger partial charge in [0.25, 0.3) is 0 Å². The molecule has 0 aromatic heterocycles. The minimum absolute atomic E-state index is 0.131. The normalized spacial score (nSPS) is 22.3. The highest BCUT2D eigenvalue weighted by atomic mass is 32.2. The highest BCUT2D eigenvalue weighted by molar-refractivity contribution is 7.92. The van der Waals surface area contributed by atoms with Crippen molar-refractivity contribution in [3.63, 3.8) is 0 Å². The van der Waals surface area contributed by atoms with E-state index in [4.69, 9.17) is 4.74 Å². The van der Waals surface area contributed by atoms with Gasteiger partial charge in [-0.1, -0.05) is 49.1 Å². The smallest absolute Gasteiger partial charge is 0.324 e. The standard InChI is InChI=1S/C17H21NO4S/c1-3-8-15-11-12-16(18(15)23(20,21)4-2)17(19)22-13-14-9-6-5-7-10-14/h3-10,15-16H,2,11-13H2,1H3/b8-3-/t15-,16+/m1/s1. The van der Waals surface area contributed by atoms with Gasteiger partial charge in [0.05, 0.1) is 0 Å². The van der Waals surface area contributed by atoms with E-state index in [1.807, 2.05) is 37.3 Å². The van der Waals surface area contributed by atoms with Gasteiger partial charge in [-0.25, -0.2) is 8.42 Å². The fraction of sp³-hybridized carbons (Fsp3) is 0.353. The van der Waals surface area contributed by atoms with E-state index in [2.05, 4.69) is 6.58 Å². The lowest BCUT2D eigenvalue weighted by atomic mass is 10.2. The molecule has 0 radical (unpaired) electrons. The van der Waals surface area contributed by atoms with E-state index < -0.39 is 22.0 Å². The Hall–Kier alpha value is -1.92. The molecule has 0 amide bonds. The molecule has 5 nitrogen and oxygen atoms in total. The van der Waals surface area contributed by atoms with Crippen molar-refractivity contribution < 1.29 is 17.9 Å². The summed E-state index contributed by atoms with van der Waals surface area (Å²) in [5, 5.41) is 0.881. The summed E-state index contributed by atoms with van der Waals surface area (Å²) >= 11 is 0. The minimum Gasteiger partial charge on any atom is -0.460 e. The van der Waals surface area contributed by atoms with Crippen LogP contribution in [0.15, 0.2) is 54.5 Å². The lowest BCUT2D eigenvalue weighted by Crippen LogP contribution is -2.44. The van der Waals surface area contributed by atoms with Crippen molar-refractivity contribution in [2.24, 2.45) is 0 Å². The number of hydrogen-bond donors (Lipinski definition) is 0. The first kappa shape index (κ1) is 17.4. The number of rotatable bonds is 6. The van der Waals surface area contributed by atoms with E-state index in [0.29, 0.717) is 12.8 Å². The zero-order valence-electron chi connectivity index (χ0n) is 13.1. The zero-order chi connectivity index (χ0) is 16.9. The number of hydrogen-bond acceptors (Lipinski definition) is 4. The van der Waals surface area contributed by atoms with Crippen LogP contribution in [0.2, 0.25) is 0 Å². The molecule has 1 heterocycles. The Labute approximate surface area is 137 Å². The van der Waals surface area contributed by atoms with Crippen molar-refractivity contribution in [1.29, 1.82) is 0 Å². The van der Waals surface area contributed by atoms with Gasteiger partial charge >= 0.3 is 5.97 Å². The second-order valence-electron chi connectivity index (χ2n) is 5.32. The highest BCUT2D eigenvalue weighted by Crippen LogP contribution is 2.30. The zero-order valence-corrected chi connectivity index (χ0v) is 13.9. The fourth-order valence-electron chi connectivity index (χ4n) is 2.72. The molecule has 1 aromatic carbocycles. The molecule has 0 unspecified atom stereocenters. The predicted molar refractivity (Wildman–Crippen MR) is 88.8 cm³/mol. The molecule has 0 spiro atoms. The highest BCUT2D eigenvalue weighted by Gasteiger charge is 2.43. The van der Waals surface area contributed by atoms with E-state index in [9.17, 15) is 13.2 Å². The molecule has 0 saturated carbocycles. The molecule has 0 N–H and O–H groups in total. The Bertz CT molecular complexity index is 682. The topological polar surface area (TPSA) is 63.7 Å². The van der Waals surface area contributed by atoms with Crippen LogP contribution in [0.3, 0.4) is 0 Å². The Morgan fingerprint density at radius 3 is 2.65 bits per heavy atom. The lowest BCUT2D eigenvalue weighted by Gasteiger charge is -2.25. The van der Waals surface area contributed by atoms with Gasteiger partial charge in [-0.2, -0.15) is 4.31 Å². The third kappa shape index (κ3) is 4.09. The van der Waals surface area contributed by atoms with E-state index in [1.54, 1.807) is 12.2 Å². The molecular formula is C17H21NO4S. The van der Waals surface area contributed by atoms with Crippen LogP contribution in [0.5, 0.6) is 0 Å². The number of carbonyl (C=O) groups is 1. The van der Waals surface area contributed by atoms with Crippen molar-refractivity contribution in [2.75, 3.05) is 0 Å². The Morgan fingerprint density at radius 1 is 1.35 bits per heavy atom. The average molecular weight is 335 g/mol. The SMILES string of the molecule is C=CS(=O)(=O)N1[C@H](/C=C\C)CC[C@H]1C(=O)OCc1ccccc1. The first-order valence-corrected chi connectivity index (χ1v) is 8.99. The molecule has 2 rings (SSSR count). The second-order valence-corrected chi connectivity index (χ2v) is 7.11. The molecule has 0 bridgehead atoms. The number of carbonyl (C=O) groups excluding carboxylic acids is 1. The maximum Gasteiger partial charge on any atom is 0.324 e. The van der Waals surface area contributed by atoms with Crippen molar-refractivity contribution in [3.8, 4) is 0 Å². The first-order valence-electron chi connectivity index (χ1n) is 7.49. The van der Waals surface area contributed by atoms with Crippen LogP contribution in [0.25, 0.3) is 0 Å². The fourth-order valence-corrected chi connectivity index (χ4v) is 3.99. The summed E-state index contributed by atoms with van der Waals surface area (Å²) in [5.74, 6) is -0.522. The Morgan fingerprint density at radius 2 is 2.04 bits per heavy atom. The third-order valence-electron chi connectivity index (χ3n) is 3.78. The lowest BCUT2D eigenvalue weighted by molar-refractivity contribution is -0.148. The molecule has 1 aliphatic rings. The van der Waals surface area contributed by atoms with Gasteiger partial charge in [-0.15, -0.1) is 0 Å². The summed E-state index contributed by atoms with van der Waals surface area (Å²) in [7, 11) is -3.70. The van der Waals surface area contributed by atoms with Gasteiger partial charge in [0, 0.05) is 11.4 Å². The van der Waals surface area contributed by atoms with Crippen LogP contribution in [0.1, 0.15) is 25.3 Å². The van der Waals surface area contributed by atoms with Gasteiger partial charge < -0.3 is 4.74 Å². The van der Waals surface area contributed by atoms with E-state index in [-0.39, 0.29) is 12.6 Å². The second kappa shape index (κ2) is 7.57. The molecule has 6 heteroatoms. The van der Waals surface area contributed by atoms with Crippen LogP contribution in [0, 0.1) is 0 Å². The van der Waals surface area contributed by atoms with Crippen LogP contribution in [0.4, 0.5) is 0 Å². The summed E-state index contributed by atoms with van der Waals surface area (Å²) in [6, 6.07) is 8.15. The molecule has 1 aromatic rings. The minimum atomic E-state index is -3.70. The summed E-state index contributed by atoms with van der Waals surface area (Å²) in [4.78, 5) is 12.4. The molecule has 1 aliphatic heterocycles. The number of ether oxygens (including phenoxy) is 1. The van der Waals surface area contributed by atoms with Crippen molar-refractivity contribution in [1.82, 2.24) is 4.31 Å². The molecule has 0 aliphatic carbocycles. The predicted octanol–water partition coefficient (Wildman–Crippen LogP) is 2.61. The first-order chi connectivity index (χ1) is 11.0. The van der Waals surface area contributed by atoms with E-state index >= 15 is 0 Å².